The molecule has 0 saturated carbocycles. The third-order valence-electron chi connectivity index (χ3n) is 1.51. The molecule has 0 aromatic heterocycles. The van der Waals surface area contributed by atoms with Crippen LogP contribution < -0.4 is 0 Å². The van der Waals surface area contributed by atoms with E-state index in [1.54, 1.807) is 0 Å². The molecule has 0 aliphatic carbocycles. The van der Waals surface area contributed by atoms with Gasteiger partial charge in [-0.15, -0.1) is 6.42 Å². The summed E-state index contributed by atoms with van der Waals surface area (Å²) in [4.78, 5) is 4.34. The quantitative estimate of drug-likeness (QED) is 0.532. The fourth-order valence-electron chi connectivity index (χ4n) is 0.892. The highest BCUT2D eigenvalue weighted by molar-refractivity contribution is 4.86. The topological polar surface area (TPSA) is 6.48 Å². The first kappa shape index (κ1) is 10.5. The Balaban J connectivity index is 3.18. The smallest absolute Gasteiger partial charge is 0.0596 e. The van der Waals surface area contributed by atoms with Gasteiger partial charge in [0.25, 0.3) is 0 Å². The number of rotatable bonds is 5. The molecular weight excluding hydrogens is 136 g/mol. The van der Waals surface area contributed by atoms with E-state index in [0.29, 0.717) is 0 Å². The second kappa shape index (κ2) is 6.21. The second-order valence-corrected chi connectivity index (χ2v) is 3.10. The van der Waals surface area contributed by atoms with Crippen LogP contribution in [0.4, 0.5) is 0 Å². The van der Waals surface area contributed by atoms with E-state index in [9.17, 15) is 0 Å². The van der Waals surface area contributed by atoms with Crippen LogP contribution in [0, 0.1) is 12.3 Å². The van der Waals surface area contributed by atoms with Crippen LogP contribution >= 0.6 is 0 Å². The van der Waals surface area contributed by atoms with Gasteiger partial charge >= 0.3 is 0 Å². The van der Waals surface area contributed by atoms with E-state index in [4.69, 9.17) is 6.42 Å². The Morgan fingerprint density at radius 1 is 1.18 bits per heavy atom. The van der Waals surface area contributed by atoms with Crippen molar-refractivity contribution in [1.29, 1.82) is 0 Å². The Hall–Kier alpha value is -0.520. The molecule has 0 aromatic carbocycles. The van der Waals surface area contributed by atoms with Gasteiger partial charge in [0.05, 0.1) is 6.54 Å². The SMILES string of the molecule is C#CCN(C)CCCN(C)C. The summed E-state index contributed by atoms with van der Waals surface area (Å²) in [5.41, 5.74) is 0. The Bertz CT molecular complexity index is 124. The molecule has 0 unspecified atom stereocenters. The molecule has 0 rings (SSSR count). The van der Waals surface area contributed by atoms with Gasteiger partial charge in [-0.2, -0.15) is 0 Å². The highest BCUT2D eigenvalue weighted by Crippen LogP contribution is 1.87. The van der Waals surface area contributed by atoms with Gasteiger partial charge in [-0.1, -0.05) is 5.92 Å². The molecule has 0 fully saturated rings. The predicted molar refractivity (Wildman–Crippen MR) is 49.5 cm³/mol. The van der Waals surface area contributed by atoms with Crippen molar-refractivity contribution in [3.8, 4) is 12.3 Å². The standard InChI is InChI=1S/C9H18N2/c1-5-7-11(4)9-6-8-10(2)3/h1H,6-9H2,2-4H3. The first-order valence-corrected chi connectivity index (χ1v) is 3.93. The average Bonchev–Trinajstić information content (AvgIpc) is 1.87. The molecule has 0 aliphatic heterocycles. The van der Waals surface area contributed by atoms with Crippen molar-refractivity contribution in [2.75, 3.05) is 40.8 Å². The summed E-state index contributed by atoms with van der Waals surface area (Å²) in [6.45, 7) is 2.98. The minimum absolute atomic E-state index is 0.757. The summed E-state index contributed by atoms with van der Waals surface area (Å²) in [6, 6.07) is 0. The summed E-state index contributed by atoms with van der Waals surface area (Å²) in [5, 5.41) is 0. The van der Waals surface area contributed by atoms with Gasteiger partial charge in [-0.05, 0) is 40.7 Å². The van der Waals surface area contributed by atoms with Crippen LogP contribution in [-0.2, 0) is 0 Å². The number of hydrogen-bond acceptors (Lipinski definition) is 2. The molecule has 2 heteroatoms. The van der Waals surface area contributed by atoms with Gasteiger partial charge in [0.2, 0.25) is 0 Å². The molecule has 0 radical (unpaired) electrons. The molecule has 0 N–H and O–H groups in total. The monoisotopic (exact) mass is 154 g/mol. The second-order valence-electron chi connectivity index (χ2n) is 3.10. The van der Waals surface area contributed by atoms with Crippen LogP contribution in [0.15, 0.2) is 0 Å². The van der Waals surface area contributed by atoms with Crippen molar-refractivity contribution < 1.29 is 0 Å². The van der Waals surface area contributed by atoms with E-state index in [-0.39, 0.29) is 0 Å². The van der Waals surface area contributed by atoms with Crippen LogP contribution in [0.3, 0.4) is 0 Å². The zero-order valence-corrected chi connectivity index (χ0v) is 7.80. The van der Waals surface area contributed by atoms with Gasteiger partial charge in [0, 0.05) is 0 Å². The third kappa shape index (κ3) is 7.38. The van der Waals surface area contributed by atoms with Crippen molar-refractivity contribution >= 4 is 0 Å². The Labute approximate surface area is 70.2 Å². The van der Waals surface area contributed by atoms with Gasteiger partial charge in [-0.3, -0.25) is 4.90 Å². The van der Waals surface area contributed by atoms with E-state index in [2.05, 4.69) is 36.9 Å². The van der Waals surface area contributed by atoms with Crippen molar-refractivity contribution in [2.45, 2.75) is 6.42 Å². The Kier molecular flexibility index (Phi) is 5.91. The fraction of sp³-hybridized carbons (Fsp3) is 0.778. The fourth-order valence-corrected chi connectivity index (χ4v) is 0.892. The summed E-state index contributed by atoms with van der Waals surface area (Å²) >= 11 is 0. The van der Waals surface area contributed by atoms with E-state index in [1.807, 2.05) is 0 Å². The van der Waals surface area contributed by atoms with Crippen molar-refractivity contribution in [1.82, 2.24) is 9.80 Å². The number of hydrogen-bond donors (Lipinski definition) is 0. The lowest BCUT2D eigenvalue weighted by molar-refractivity contribution is 0.325. The van der Waals surface area contributed by atoms with Crippen molar-refractivity contribution in [2.24, 2.45) is 0 Å². The van der Waals surface area contributed by atoms with E-state index < -0.39 is 0 Å². The molecule has 0 aliphatic rings. The van der Waals surface area contributed by atoms with Crippen LogP contribution in [0.1, 0.15) is 6.42 Å². The first-order valence-electron chi connectivity index (χ1n) is 3.93. The van der Waals surface area contributed by atoms with Crippen LogP contribution in [0.25, 0.3) is 0 Å². The number of nitrogens with zero attached hydrogens (tertiary/aromatic N) is 2. The Morgan fingerprint density at radius 3 is 2.27 bits per heavy atom. The highest BCUT2D eigenvalue weighted by Gasteiger charge is 1.95. The Morgan fingerprint density at radius 2 is 1.82 bits per heavy atom. The minimum atomic E-state index is 0.757. The lowest BCUT2D eigenvalue weighted by Gasteiger charge is -2.14. The van der Waals surface area contributed by atoms with Crippen LogP contribution in [0.2, 0.25) is 0 Å². The van der Waals surface area contributed by atoms with Gasteiger partial charge < -0.3 is 4.90 Å². The molecule has 2 nitrogen and oxygen atoms in total. The zero-order valence-electron chi connectivity index (χ0n) is 7.80. The predicted octanol–water partition coefficient (Wildman–Crippen LogP) is 0.503. The summed E-state index contributed by atoms with van der Waals surface area (Å²) in [6.07, 6.45) is 6.34. The van der Waals surface area contributed by atoms with E-state index in [0.717, 1.165) is 19.6 Å². The lowest BCUT2D eigenvalue weighted by atomic mass is 10.4. The van der Waals surface area contributed by atoms with Crippen LogP contribution in [-0.4, -0.2) is 50.6 Å². The zero-order chi connectivity index (χ0) is 8.69. The maximum absolute atomic E-state index is 5.16. The molecule has 0 amide bonds. The molecule has 0 aromatic rings. The van der Waals surface area contributed by atoms with Gasteiger partial charge in [0.1, 0.15) is 0 Å². The maximum Gasteiger partial charge on any atom is 0.0596 e. The average molecular weight is 154 g/mol. The first-order chi connectivity index (χ1) is 5.16. The number of terminal acetylenes is 1. The van der Waals surface area contributed by atoms with E-state index >= 15 is 0 Å². The van der Waals surface area contributed by atoms with E-state index in [1.165, 1.54) is 6.42 Å². The summed E-state index contributed by atoms with van der Waals surface area (Å²) in [7, 11) is 6.22. The van der Waals surface area contributed by atoms with Crippen molar-refractivity contribution in [3.05, 3.63) is 0 Å². The molecule has 0 spiro atoms. The highest BCUT2D eigenvalue weighted by atomic mass is 15.1. The normalized spacial score (nSPS) is 10.5. The van der Waals surface area contributed by atoms with Crippen molar-refractivity contribution in [3.63, 3.8) is 0 Å². The molecule has 64 valence electrons. The maximum atomic E-state index is 5.16. The summed E-state index contributed by atoms with van der Waals surface area (Å²) < 4.78 is 0. The molecule has 11 heavy (non-hydrogen) atoms. The van der Waals surface area contributed by atoms with Gasteiger partial charge in [-0.25, -0.2) is 0 Å². The molecule has 0 bridgehead atoms. The molecule has 0 saturated heterocycles. The summed E-state index contributed by atoms with van der Waals surface area (Å²) in [5.74, 6) is 2.62. The minimum Gasteiger partial charge on any atom is -0.309 e. The molecular formula is C9H18N2. The van der Waals surface area contributed by atoms with Gasteiger partial charge in [0.15, 0.2) is 0 Å². The largest absolute Gasteiger partial charge is 0.309 e. The molecule has 0 heterocycles. The van der Waals surface area contributed by atoms with Crippen LogP contribution in [0.5, 0.6) is 0 Å². The third-order valence-corrected chi connectivity index (χ3v) is 1.51. The molecule has 0 atom stereocenters. The lowest BCUT2D eigenvalue weighted by Crippen LogP contribution is -2.23.